The number of piperidine rings is 1. The minimum Gasteiger partial charge on any atom is -0.480 e. The SMILES string of the molecule is COCCn1c(C(C)C)nc2c1C1(CCN(C(=O)c3ccn(C)n3)CC1)Oc1ccccc1-2. The van der Waals surface area contributed by atoms with Gasteiger partial charge in [-0.25, -0.2) is 4.98 Å². The maximum absolute atomic E-state index is 13.0. The summed E-state index contributed by atoms with van der Waals surface area (Å²) in [7, 11) is 3.55. The van der Waals surface area contributed by atoms with Crippen LogP contribution in [0.3, 0.4) is 0 Å². The summed E-state index contributed by atoms with van der Waals surface area (Å²) in [6.45, 7) is 6.86. The Labute approximate surface area is 194 Å². The lowest BCUT2D eigenvalue weighted by Crippen LogP contribution is -2.50. The maximum Gasteiger partial charge on any atom is 0.274 e. The Morgan fingerprint density at radius 1 is 1.21 bits per heavy atom. The van der Waals surface area contributed by atoms with Gasteiger partial charge in [-0.3, -0.25) is 9.48 Å². The van der Waals surface area contributed by atoms with Crippen molar-refractivity contribution in [3.05, 3.63) is 53.7 Å². The minimum absolute atomic E-state index is 0.0300. The van der Waals surface area contributed by atoms with E-state index in [0.29, 0.717) is 38.2 Å². The highest BCUT2D eigenvalue weighted by molar-refractivity contribution is 5.92. The predicted octanol–water partition coefficient (Wildman–Crippen LogP) is 3.58. The van der Waals surface area contributed by atoms with E-state index in [-0.39, 0.29) is 11.8 Å². The van der Waals surface area contributed by atoms with Crippen LogP contribution in [0.25, 0.3) is 11.3 Å². The number of carbonyl (C=O) groups is 1. The third kappa shape index (κ3) is 3.62. The highest BCUT2D eigenvalue weighted by Crippen LogP contribution is 2.50. The molecule has 3 aromatic rings. The number of nitrogens with zero attached hydrogens (tertiary/aromatic N) is 5. The Bertz CT molecular complexity index is 1170. The van der Waals surface area contributed by atoms with Crippen LogP contribution in [0.2, 0.25) is 0 Å². The van der Waals surface area contributed by atoms with E-state index in [0.717, 1.165) is 35.1 Å². The Balaban J connectivity index is 1.54. The standard InChI is InChI=1S/C25H31N5O3/c1-17(2)23-26-21-18-7-5-6-8-20(18)33-25(22(21)30(23)15-16-32-4)10-13-29(14-11-25)24(31)19-9-12-28(3)27-19/h5-9,12,17H,10-11,13-16H2,1-4H3. The van der Waals surface area contributed by atoms with E-state index >= 15 is 0 Å². The first kappa shape index (κ1) is 21.7. The first-order valence-corrected chi connectivity index (χ1v) is 11.6. The molecule has 2 aromatic heterocycles. The predicted molar refractivity (Wildman–Crippen MR) is 124 cm³/mol. The van der Waals surface area contributed by atoms with E-state index < -0.39 is 5.60 Å². The van der Waals surface area contributed by atoms with Crippen LogP contribution in [0.4, 0.5) is 0 Å². The van der Waals surface area contributed by atoms with E-state index in [2.05, 4.69) is 29.6 Å². The van der Waals surface area contributed by atoms with Crippen LogP contribution >= 0.6 is 0 Å². The molecule has 0 unspecified atom stereocenters. The van der Waals surface area contributed by atoms with Crippen LogP contribution in [0.5, 0.6) is 5.75 Å². The molecule has 2 aliphatic rings. The van der Waals surface area contributed by atoms with Crippen molar-refractivity contribution in [3.63, 3.8) is 0 Å². The highest BCUT2D eigenvalue weighted by Gasteiger charge is 2.48. The number of para-hydroxylation sites is 1. The second-order valence-electron chi connectivity index (χ2n) is 9.23. The Morgan fingerprint density at radius 2 is 1.97 bits per heavy atom. The molecule has 1 aromatic carbocycles. The van der Waals surface area contributed by atoms with Gasteiger partial charge in [0.1, 0.15) is 17.3 Å². The van der Waals surface area contributed by atoms with Gasteiger partial charge >= 0.3 is 0 Å². The second-order valence-corrected chi connectivity index (χ2v) is 9.23. The van der Waals surface area contributed by atoms with Crippen molar-refractivity contribution in [1.29, 1.82) is 0 Å². The molecule has 4 heterocycles. The number of likely N-dealkylation sites (tertiary alicyclic amines) is 1. The monoisotopic (exact) mass is 449 g/mol. The van der Waals surface area contributed by atoms with E-state index in [1.807, 2.05) is 30.1 Å². The molecular formula is C25H31N5O3. The van der Waals surface area contributed by atoms with E-state index in [4.69, 9.17) is 14.5 Å². The first-order chi connectivity index (χ1) is 15.9. The van der Waals surface area contributed by atoms with Crippen LogP contribution in [0.15, 0.2) is 36.5 Å². The fraction of sp³-hybridized carbons (Fsp3) is 0.480. The molecule has 0 atom stereocenters. The van der Waals surface area contributed by atoms with Gasteiger partial charge in [0.15, 0.2) is 5.60 Å². The zero-order valence-electron chi connectivity index (χ0n) is 19.7. The summed E-state index contributed by atoms with van der Waals surface area (Å²) in [5.74, 6) is 2.14. The second kappa shape index (κ2) is 8.33. The van der Waals surface area contributed by atoms with Gasteiger partial charge in [-0.15, -0.1) is 0 Å². The number of carbonyl (C=O) groups excluding carboxylic acids is 1. The molecule has 5 rings (SSSR count). The summed E-state index contributed by atoms with van der Waals surface area (Å²) >= 11 is 0. The molecule has 0 radical (unpaired) electrons. The number of ether oxygens (including phenoxy) is 2. The number of aryl methyl sites for hydroxylation is 1. The number of hydrogen-bond donors (Lipinski definition) is 0. The van der Waals surface area contributed by atoms with E-state index in [1.165, 1.54) is 0 Å². The van der Waals surface area contributed by atoms with Gasteiger partial charge in [0.05, 0.1) is 18.0 Å². The average molecular weight is 450 g/mol. The van der Waals surface area contributed by atoms with Gasteiger partial charge in [-0.1, -0.05) is 26.0 Å². The number of imidazole rings is 1. The lowest BCUT2D eigenvalue weighted by Gasteiger charge is -2.44. The largest absolute Gasteiger partial charge is 0.480 e. The van der Waals surface area contributed by atoms with Crippen molar-refractivity contribution < 1.29 is 14.3 Å². The van der Waals surface area contributed by atoms with E-state index in [9.17, 15) is 4.79 Å². The summed E-state index contributed by atoms with van der Waals surface area (Å²) in [5.41, 5.74) is 3.10. The topological polar surface area (TPSA) is 74.4 Å². The molecule has 1 saturated heterocycles. The molecule has 0 saturated carbocycles. The van der Waals surface area contributed by atoms with Gasteiger partial charge in [0, 0.05) is 64.3 Å². The molecule has 0 N–H and O–H groups in total. The number of aromatic nitrogens is 4. The number of methoxy groups -OCH3 is 1. The lowest BCUT2D eigenvalue weighted by atomic mass is 9.83. The Morgan fingerprint density at radius 3 is 2.64 bits per heavy atom. The van der Waals surface area contributed by atoms with Crippen molar-refractivity contribution in [2.24, 2.45) is 7.05 Å². The lowest BCUT2D eigenvalue weighted by molar-refractivity contribution is -0.00823. The third-order valence-electron chi connectivity index (χ3n) is 6.70. The number of benzene rings is 1. The quantitative estimate of drug-likeness (QED) is 0.595. The normalized spacial score (nSPS) is 16.6. The van der Waals surface area contributed by atoms with Crippen LogP contribution in [-0.4, -0.2) is 56.9 Å². The molecule has 174 valence electrons. The Hall–Kier alpha value is -3.13. The van der Waals surface area contributed by atoms with Crippen LogP contribution in [0.1, 0.15) is 54.6 Å². The van der Waals surface area contributed by atoms with Gasteiger partial charge in [-0.2, -0.15) is 5.10 Å². The van der Waals surface area contributed by atoms with Crippen molar-refractivity contribution in [3.8, 4) is 17.0 Å². The van der Waals surface area contributed by atoms with Gasteiger partial charge < -0.3 is 18.9 Å². The van der Waals surface area contributed by atoms with Crippen molar-refractivity contribution in [1.82, 2.24) is 24.2 Å². The van der Waals surface area contributed by atoms with E-state index in [1.54, 1.807) is 24.1 Å². The summed E-state index contributed by atoms with van der Waals surface area (Å²) in [6, 6.07) is 9.91. The summed E-state index contributed by atoms with van der Waals surface area (Å²) < 4.78 is 16.2. The van der Waals surface area contributed by atoms with Crippen molar-refractivity contribution >= 4 is 5.91 Å². The first-order valence-electron chi connectivity index (χ1n) is 11.6. The fourth-order valence-corrected chi connectivity index (χ4v) is 5.08. The zero-order chi connectivity index (χ0) is 23.2. The average Bonchev–Trinajstić information content (AvgIpc) is 3.42. The van der Waals surface area contributed by atoms with Gasteiger partial charge in [0.2, 0.25) is 0 Å². The number of hydrogen-bond acceptors (Lipinski definition) is 5. The summed E-state index contributed by atoms with van der Waals surface area (Å²) in [6.07, 6.45) is 3.19. The smallest absolute Gasteiger partial charge is 0.274 e. The molecule has 8 heteroatoms. The highest BCUT2D eigenvalue weighted by atomic mass is 16.5. The van der Waals surface area contributed by atoms with Crippen molar-refractivity contribution in [2.75, 3.05) is 26.8 Å². The molecule has 1 spiro atoms. The van der Waals surface area contributed by atoms with Crippen LogP contribution in [0, 0.1) is 0 Å². The molecule has 0 aliphatic carbocycles. The summed E-state index contributed by atoms with van der Waals surface area (Å²) in [5, 5.41) is 4.29. The zero-order valence-corrected chi connectivity index (χ0v) is 19.7. The molecule has 2 aliphatic heterocycles. The minimum atomic E-state index is -0.529. The van der Waals surface area contributed by atoms with Gasteiger partial charge in [-0.05, 0) is 18.2 Å². The molecular weight excluding hydrogens is 418 g/mol. The molecule has 8 nitrogen and oxygen atoms in total. The molecule has 1 fully saturated rings. The van der Waals surface area contributed by atoms with Crippen molar-refractivity contribution in [2.45, 2.75) is 44.8 Å². The third-order valence-corrected chi connectivity index (χ3v) is 6.70. The molecule has 33 heavy (non-hydrogen) atoms. The van der Waals surface area contributed by atoms with Crippen LogP contribution in [-0.2, 0) is 23.9 Å². The van der Waals surface area contributed by atoms with Crippen LogP contribution < -0.4 is 4.74 Å². The Kier molecular flexibility index (Phi) is 5.48. The maximum atomic E-state index is 13.0. The molecule has 1 amide bonds. The van der Waals surface area contributed by atoms with Gasteiger partial charge in [0.25, 0.3) is 5.91 Å². The number of rotatable bonds is 5. The number of fused-ring (bicyclic) bond motifs is 4. The summed E-state index contributed by atoms with van der Waals surface area (Å²) in [4.78, 5) is 20.0. The number of amides is 1. The molecule has 0 bridgehead atoms. The fourth-order valence-electron chi connectivity index (χ4n) is 5.08.